The van der Waals surface area contributed by atoms with Crippen molar-refractivity contribution in [2.45, 2.75) is 25.0 Å². The third kappa shape index (κ3) is 1.08. The number of rotatable bonds is 0. The Morgan fingerprint density at radius 1 is 1.38 bits per heavy atom. The maximum atomic E-state index is 9.00. The Hall–Kier alpha value is -0.340. The van der Waals surface area contributed by atoms with Crippen molar-refractivity contribution in [2.75, 3.05) is 0 Å². The minimum atomic E-state index is -0.306. The molecule has 0 bridgehead atoms. The Bertz CT molecular complexity index is 88.7. The lowest BCUT2D eigenvalue weighted by atomic mass is 10.0. The first-order chi connectivity index (χ1) is 3.80. The van der Waals surface area contributed by atoms with Gasteiger partial charge in [-0.3, -0.25) is 0 Å². The third-order valence-corrected chi connectivity index (χ3v) is 1.45. The van der Waals surface area contributed by atoms with Crippen LogP contribution in [0, 0.1) is 0 Å². The molecule has 0 spiro atoms. The van der Waals surface area contributed by atoms with E-state index in [1.165, 1.54) is 0 Å². The molecule has 3 N–H and O–H groups in total. The van der Waals surface area contributed by atoms with E-state index in [0.717, 1.165) is 12.8 Å². The molecule has 46 valence electrons. The maximum absolute atomic E-state index is 9.00. The minimum absolute atomic E-state index is 0.0278. The number of aliphatic hydroxyl groups excluding tert-OH is 1. The predicted molar refractivity (Wildman–Crippen MR) is 32.4 cm³/mol. The van der Waals surface area contributed by atoms with Gasteiger partial charge in [0, 0.05) is 6.04 Å². The Labute approximate surface area is 49.0 Å². The summed E-state index contributed by atoms with van der Waals surface area (Å²) in [6.45, 7) is 0. The lowest BCUT2D eigenvalue weighted by Crippen LogP contribution is -2.35. The van der Waals surface area contributed by atoms with Gasteiger partial charge in [0.05, 0.1) is 6.10 Å². The van der Waals surface area contributed by atoms with Crippen LogP contribution >= 0.6 is 0 Å². The molecule has 8 heavy (non-hydrogen) atoms. The van der Waals surface area contributed by atoms with Gasteiger partial charge < -0.3 is 10.8 Å². The summed E-state index contributed by atoms with van der Waals surface area (Å²) in [5.41, 5.74) is 5.48. The largest absolute Gasteiger partial charge is 0.391 e. The first-order valence-electron chi connectivity index (χ1n) is 2.89. The molecule has 0 fully saturated rings. The molecule has 1 aliphatic carbocycles. The molecule has 2 heteroatoms. The second-order valence-corrected chi connectivity index (χ2v) is 2.17. The summed E-state index contributed by atoms with van der Waals surface area (Å²) in [6, 6.07) is -0.0278. The highest BCUT2D eigenvalue weighted by atomic mass is 16.3. The van der Waals surface area contributed by atoms with Crippen molar-refractivity contribution >= 4 is 0 Å². The quantitative estimate of drug-likeness (QED) is 0.435. The predicted octanol–water partition coefficient (Wildman–Crippen LogP) is 0.0246. The molecule has 1 rings (SSSR count). The third-order valence-electron chi connectivity index (χ3n) is 1.45. The summed E-state index contributed by atoms with van der Waals surface area (Å²) in [5, 5.41) is 9.00. The smallest absolute Gasteiger partial charge is 0.0728 e. The lowest BCUT2D eigenvalue weighted by Gasteiger charge is -2.18. The Morgan fingerprint density at radius 2 is 2.00 bits per heavy atom. The van der Waals surface area contributed by atoms with Gasteiger partial charge in [0.1, 0.15) is 0 Å². The molecule has 2 nitrogen and oxygen atoms in total. The second kappa shape index (κ2) is 2.29. The number of aliphatic hydroxyl groups is 1. The topological polar surface area (TPSA) is 46.2 Å². The highest BCUT2D eigenvalue weighted by Crippen LogP contribution is 2.08. The lowest BCUT2D eigenvalue weighted by molar-refractivity contribution is 0.143. The van der Waals surface area contributed by atoms with Crippen molar-refractivity contribution in [1.82, 2.24) is 0 Å². The number of hydrogen-bond donors (Lipinski definition) is 2. The molecule has 0 radical (unpaired) electrons. The van der Waals surface area contributed by atoms with E-state index in [2.05, 4.69) is 0 Å². The highest BCUT2D eigenvalue weighted by Gasteiger charge is 2.13. The normalized spacial score (nSPS) is 37.8. The highest BCUT2D eigenvalue weighted by molar-refractivity contribution is 4.96. The van der Waals surface area contributed by atoms with Crippen LogP contribution in [0.15, 0.2) is 12.2 Å². The molecular formula is C6H11NO. The van der Waals surface area contributed by atoms with Crippen molar-refractivity contribution in [3.8, 4) is 0 Å². The molecule has 2 atom stereocenters. The molecule has 0 aromatic carbocycles. The van der Waals surface area contributed by atoms with E-state index in [1.807, 2.05) is 12.2 Å². The Balaban J connectivity index is 2.44. The van der Waals surface area contributed by atoms with Crippen LogP contribution in [0.25, 0.3) is 0 Å². The van der Waals surface area contributed by atoms with E-state index in [0.29, 0.717) is 0 Å². The molecule has 0 saturated carbocycles. The summed E-state index contributed by atoms with van der Waals surface area (Å²) < 4.78 is 0. The zero-order chi connectivity index (χ0) is 5.98. The number of hydrogen-bond acceptors (Lipinski definition) is 2. The van der Waals surface area contributed by atoms with Crippen LogP contribution in [-0.2, 0) is 0 Å². The standard InChI is InChI=1S/C6H11NO/c7-5-3-1-2-4-6(5)8/h1-2,5-6,8H,3-4,7H2/t5-,6+/m1/s1. The van der Waals surface area contributed by atoms with Crippen molar-refractivity contribution < 1.29 is 5.11 Å². The van der Waals surface area contributed by atoms with Crippen LogP contribution in [0.2, 0.25) is 0 Å². The first kappa shape index (κ1) is 5.79. The van der Waals surface area contributed by atoms with Crippen LogP contribution in [0.5, 0.6) is 0 Å². The van der Waals surface area contributed by atoms with Gasteiger partial charge in [-0.1, -0.05) is 12.2 Å². The van der Waals surface area contributed by atoms with Crippen LogP contribution in [-0.4, -0.2) is 17.3 Å². The first-order valence-corrected chi connectivity index (χ1v) is 2.89. The molecule has 1 aliphatic rings. The van der Waals surface area contributed by atoms with Crippen LogP contribution < -0.4 is 5.73 Å². The average Bonchev–Trinajstić information content (AvgIpc) is 1.77. The molecule has 0 heterocycles. The summed E-state index contributed by atoms with van der Waals surface area (Å²) >= 11 is 0. The van der Waals surface area contributed by atoms with E-state index in [-0.39, 0.29) is 12.1 Å². The number of nitrogens with two attached hydrogens (primary N) is 1. The molecule has 0 aromatic heterocycles. The summed E-state index contributed by atoms with van der Waals surface area (Å²) in [6.07, 6.45) is 5.22. The SMILES string of the molecule is N[C@@H]1CC=CC[C@@H]1O. The van der Waals surface area contributed by atoms with Crippen molar-refractivity contribution in [2.24, 2.45) is 5.73 Å². The van der Waals surface area contributed by atoms with E-state index in [4.69, 9.17) is 10.8 Å². The fourth-order valence-corrected chi connectivity index (χ4v) is 0.821. The van der Waals surface area contributed by atoms with E-state index in [1.54, 1.807) is 0 Å². The van der Waals surface area contributed by atoms with Gasteiger partial charge in [0.15, 0.2) is 0 Å². The van der Waals surface area contributed by atoms with E-state index >= 15 is 0 Å². The van der Waals surface area contributed by atoms with Gasteiger partial charge in [-0.25, -0.2) is 0 Å². The molecule has 0 unspecified atom stereocenters. The average molecular weight is 113 g/mol. The van der Waals surface area contributed by atoms with Crippen molar-refractivity contribution in [3.63, 3.8) is 0 Å². The summed E-state index contributed by atoms with van der Waals surface area (Å²) in [4.78, 5) is 0. The van der Waals surface area contributed by atoms with Crippen molar-refractivity contribution in [1.29, 1.82) is 0 Å². The maximum Gasteiger partial charge on any atom is 0.0728 e. The zero-order valence-corrected chi connectivity index (χ0v) is 4.75. The molecule has 0 amide bonds. The fourth-order valence-electron chi connectivity index (χ4n) is 0.821. The van der Waals surface area contributed by atoms with Gasteiger partial charge in [-0.2, -0.15) is 0 Å². The summed E-state index contributed by atoms with van der Waals surface area (Å²) in [7, 11) is 0. The van der Waals surface area contributed by atoms with Gasteiger partial charge >= 0.3 is 0 Å². The molecule has 0 aromatic rings. The fraction of sp³-hybridized carbons (Fsp3) is 0.667. The van der Waals surface area contributed by atoms with Gasteiger partial charge in [-0.05, 0) is 12.8 Å². The Morgan fingerprint density at radius 3 is 2.38 bits per heavy atom. The van der Waals surface area contributed by atoms with Crippen molar-refractivity contribution in [3.05, 3.63) is 12.2 Å². The summed E-state index contributed by atoms with van der Waals surface area (Å²) in [5.74, 6) is 0. The minimum Gasteiger partial charge on any atom is -0.391 e. The van der Waals surface area contributed by atoms with Gasteiger partial charge in [0.2, 0.25) is 0 Å². The van der Waals surface area contributed by atoms with Crippen LogP contribution in [0.1, 0.15) is 12.8 Å². The monoisotopic (exact) mass is 113 g/mol. The molecule has 0 saturated heterocycles. The van der Waals surface area contributed by atoms with E-state index in [9.17, 15) is 0 Å². The van der Waals surface area contributed by atoms with Gasteiger partial charge in [-0.15, -0.1) is 0 Å². The second-order valence-electron chi connectivity index (χ2n) is 2.17. The molecular weight excluding hydrogens is 102 g/mol. The zero-order valence-electron chi connectivity index (χ0n) is 4.75. The van der Waals surface area contributed by atoms with E-state index < -0.39 is 0 Å². The van der Waals surface area contributed by atoms with Crippen LogP contribution in [0.3, 0.4) is 0 Å². The Kier molecular flexibility index (Phi) is 1.65. The van der Waals surface area contributed by atoms with Gasteiger partial charge in [0.25, 0.3) is 0 Å². The molecule has 0 aliphatic heterocycles. The van der Waals surface area contributed by atoms with Crippen LogP contribution in [0.4, 0.5) is 0 Å².